The molecule has 0 saturated heterocycles. The normalized spacial score (nSPS) is 13.6. The molecule has 0 saturated carbocycles. The van der Waals surface area contributed by atoms with E-state index in [1.54, 1.807) is 19.2 Å². The molecular weight excluding hydrogens is 372 g/mol. The zero-order valence-electron chi connectivity index (χ0n) is 18.4. The summed E-state index contributed by atoms with van der Waals surface area (Å²) in [6.45, 7) is 8.58. The number of unbranched alkanes of at least 4 members (excludes halogenated alkanes) is 3. The Kier molecular flexibility index (Phi) is 10.7. The lowest BCUT2D eigenvalue weighted by Gasteiger charge is -2.29. The van der Waals surface area contributed by atoms with Crippen molar-refractivity contribution in [3.8, 4) is 5.75 Å². The van der Waals surface area contributed by atoms with Gasteiger partial charge in [0.15, 0.2) is 0 Å². The first kappa shape index (κ1) is 24.9. The van der Waals surface area contributed by atoms with Crippen molar-refractivity contribution < 1.29 is 19.2 Å². The Morgan fingerprint density at radius 2 is 1.79 bits per heavy atom. The number of carbonyl (C=O) groups is 1. The predicted molar refractivity (Wildman–Crippen MR) is 114 cm³/mol. The summed E-state index contributed by atoms with van der Waals surface area (Å²) in [7, 11) is 1.67. The van der Waals surface area contributed by atoms with Gasteiger partial charge in [-0.3, -0.25) is 14.9 Å². The van der Waals surface area contributed by atoms with Crippen LogP contribution in [0.15, 0.2) is 24.3 Å². The number of non-ortho nitro benzene ring substituents is 1. The Bertz CT molecular complexity index is 627. The molecule has 2 atom stereocenters. The van der Waals surface area contributed by atoms with Crippen LogP contribution < -0.4 is 10.1 Å². The molecule has 1 rings (SSSR count). The number of methoxy groups -OCH3 is 1. The van der Waals surface area contributed by atoms with Crippen molar-refractivity contribution in [2.75, 3.05) is 13.7 Å². The molecule has 164 valence electrons. The van der Waals surface area contributed by atoms with Crippen LogP contribution in [0.3, 0.4) is 0 Å². The fraction of sp³-hybridized carbons (Fsp3) is 0.682. The molecule has 0 fully saturated rings. The maximum Gasteiger partial charge on any atom is 0.269 e. The molecule has 1 N–H and O–H groups in total. The summed E-state index contributed by atoms with van der Waals surface area (Å²) in [6.07, 6.45) is 5.67. The monoisotopic (exact) mass is 408 g/mol. The van der Waals surface area contributed by atoms with Crippen LogP contribution in [-0.4, -0.2) is 36.7 Å². The van der Waals surface area contributed by atoms with Gasteiger partial charge in [-0.05, 0) is 38.3 Å². The second-order valence-corrected chi connectivity index (χ2v) is 8.09. The van der Waals surface area contributed by atoms with Gasteiger partial charge in [-0.1, -0.05) is 40.0 Å². The van der Waals surface area contributed by atoms with Gasteiger partial charge in [0, 0.05) is 24.7 Å². The SMILES string of the molecule is CCC(OC)C(C)NC(=O)C(C)(C)CCCCCCOc1ccc([N+](=O)[O-])cc1. The van der Waals surface area contributed by atoms with Crippen molar-refractivity contribution in [1.29, 1.82) is 0 Å². The van der Waals surface area contributed by atoms with E-state index in [-0.39, 0.29) is 23.7 Å². The molecule has 0 spiro atoms. The van der Waals surface area contributed by atoms with Crippen LogP contribution in [0.5, 0.6) is 5.75 Å². The molecule has 1 amide bonds. The summed E-state index contributed by atoms with van der Waals surface area (Å²) in [6, 6.07) is 6.12. The number of nitro benzene ring substituents is 1. The lowest BCUT2D eigenvalue weighted by atomic mass is 9.85. The highest BCUT2D eigenvalue weighted by Crippen LogP contribution is 2.25. The van der Waals surface area contributed by atoms with Crippen molar-refractivity contribution in [1.82, 2.24) is 5.32 Å². The number of benzene rings is 1. The van der Waals surface area contributed by atoms with Crippen LogP contribution in [0, 0.1) is 15.5 Å². The molecule has 0 aliphatic rings. The minimum Gasteiger partial charge on any atom is -0.494 e. The second-order valence-electron chi connectivity index (χ2n) is 8.09. The first-order valence-electron chi connectivity index (χ1n) is 10.4. The smallest absolute Gasteiger partial charge is 0.269 e. The third kappa shape index (κ3) is 8.81. The second kappa shape index (κ2) is 12.4. The fourth-order valence-corrected chi connectivity index (χ4v) is 3.21. The van der Waals surface area contributed by atoms with Gasteiger partial charge in [0.05, 0.1) is 23.7 Å². The summed E-state index contributed by atoms with van der Waals surface area (Å²) >= 11 is 0. The van der Waals surface area contributed by atoms with E-state index in [0.29, 0.717) is 12.4 Å². The van der Waals surface area contributed by atoms with Crippen molar-refractivity contribution in [3.63, 3.8) is 0 Å². The predicted octanol–water partition coefficient (Wildman–Crippen LogP) is 4.88. The highest BCUT2D eigenvalue weighted by molar-refractivity contribution is 5.82. The molecule has 1 aromatic rings. The average molecular weight is 409 g/mol. The number of nitrogens with zero attached hydrogens (tertiary/aromatic N) is 1. The van der Waals surface area contributed by atoms with E-state index in [2.05, 4.69) is 5.32 Å². The van der Waals surface area contributed by atoms with E-state index in [1.807, 2.05) is 27.7 Å². The lowest BCUT2D eigenvalue weighted by molar-refractivity contribution is -0.384. The van der Waals surface area contributed by atoms with Gasteiger partial charge in [0.2, 0.25) is 5.91 Å². The fourth-order valence-electron chi connectivity index (χ4n) is 3.21. The van der Waals surface area contributed by atoms with Crippen LogP contribution in [0.1, 0.15) is 66.2 Å². The van der Waals surface area contributed by atoms with E-state index in [9.17, 15) is 14.9 Å². The number of nitrogens with one attached hydrogen (secondary N) is 1. The molecule has 0 radical (unpaired) electrons. The van der Waals surface area contributed by atoms with Gasteiger partial charge in [-0.15, -0.1) is 0 Å². The van der Waals surface area contributed by atoms with Crippen molar-refractivity contribution in [3.05, 3.63) is 34.4 Å². The van der Waals surface area contributed by atoms with E-state index >= 15 is 0 Å². The van der Waals surface area contributed by atoms with Crippen LogP contribution in [-0.2, 0) is 9.53 Å². The van der Waals surface area contributed by atoms with Crippen molar-refractivity contribution >= 4 is 11.6 Å². The van der Waals surface area contributed by atoms with Crippen molar-refractivity contribution in [2.45, 2.75) is 78.4 Å². The maximum absolute atomic E-state index is 12.6. The number of amides is 1. The summed E-state index contributed by atoms with van der Waals surface area (Å²) in [5.74, 6) is 0.714. The first-order valence-corrected chi connectivity index (χ1v) is 10.4. The van der Waals surface area contributed by atoms with Gasteiger partial charge in [-0.2, -0.15) is 0 Å². The molecule has 2 unspecified atom stereocenters. The molecule has 0 heterocycles. The topological polar surface area (TPSA) is 90.7 Å². The summed E-state index contributed by atoms with van der Waals surface area (Å²) < 4.78 is 11.0. The number of nitro groups is 1. The van der Waals surface area contributed by atoms with Crippen LogP contribution in [0.4, 0.5) is 5.69 Å². The summed E-state index contributed by atoms with van der Waals surface area (Å²) in [5, 5.41) is 13.7. The third-order valence-corrected chi connectivity index (χ3v) is 5.25. The molecule has 7 heteroatoms. The third-order valence-electron chi connectivity index (χ3n) is 5.25. The minimum absolute atomic E-state index is 0.00616. The highest BCUT2D eigenvalue weighted by atomic mass is 16.6. The molecule has 0 aromatic heterocycles. The van der Waals surface area contributed by atoms with Gasteiger partial charge < -0.3 is 14.8 Å². The standard InChI is InChI=1S/C22H36N2O5/c1-6-20(28-5)17(2)23-21(25)22(3,4)15-9-7-8-10-16-29-19-13-11-18(12-14-19)24(26)27/h11-14,17,20H,6-10,15-16H2,1-5H3,(H,23,25). The average Bonchev–Trinajstić information content (AvgIpc) is 2.68. The number of ether oxygens (including phenoxy) is 2. The number of hydrogen-bond donors (Lipinski definition) is 1. The van der Waals surface area contributed by atoms with E-state index in [0.717, 1.165) is 38.5 Å². The van der Waals surface area contributed by atoms with Gasteiger partial charge in [0.1, 0.15) is 5.75 Å². The Morgan fingerprint density at radius 1 is 1.17 bits per heavy atom. The largest absolute Gasteiger partial charge is 0.494 e. The lowest BCUT2D eigenvalue weighted by Crippen LogP contribution is -2.47. The minimum atomic E-state index is -0.425. The molecule has 0 bridgehead atoms. The molecule has 0 aliphatic carbocycles. The molecule has 7 nitrogen and oxygen atoms in total. The van der Waals surface area contributed by atoms with E-state index in [1.165, 1.54) is 12.1 Å². The molecular formula is C22H36N2O5. The molecule has 1 aromatic carbocycles. The van der Waals surface area contributed by atoms with Crippen molar-refractivity contribution in [2.24, 2.45) is 5.41 Å². The Balaban J connectivity index is 2.22. The number of rotatable bonds is 14. The summed E-state index contributed by atoms with van der Waals surface area (Å²) in [4.78, 5) is 22.8. The first-order chi connectivity index (χ1) is 13.7. The van der Waals surface area contributed by atoms with Crippen LogP contribution in [0.2, 0.25) is 0 Å². The Labute approximate surface area is 174 Å². The highest BCUT2D eigenvalue weighted by Gasteiger charge is 2.29. The Morgan fingerprint density at radius 3 is 2.34 bits per heavy atom. The molecule has 0 aliphatic heterocycles. The van der Waals surface area contributed by atoms with Crippen LogP contribution >= 0.6 is 0 Å². The maximum atomic E-state index is 12.6. The molecule has 29 heavy (non-hydrogen) atoms. The van der Waals surface area contributed by atoms with Gasteiger partial charge in [-0.25, -0.2) is 0 Å². The van der Waals surface area contributed by atoms with E-state index in [4.69, 9.17) is 9.47 Å². The van der Waals surface area contributed by atoms with Crippen LogP contribution in [0.25, 0.3) is 0 Å². The number of hydrogen-bond acceptors (Lipinski definition) is 5. The number of carbonyl (C=O) groups excluding carboxylic acids is 1. The Hall–Kier alpha value is -2.15. The summed E-state index contributed by atoms with van der Waals surface area (Å²) in [5.41, 5.74) is -0.346. The quantitative estimate of drug-likeness (QED) is 0.269. The van der Waals surface area contributed by atoms with E-state index < -0.39 is 10.3 Å². The zero-order chi connectivity index (χ0) is 21.9. The zero-order valence-corrected chi connectivity index (χ0v) is 18.4. The van der Waals surface area contributed by atoms with Gasteiger partial charge >= 0.3 is 0 Å². The van der Waals surface area contributed by atoms with Gasteiger partial charge in [0.25, 0.3) is 5.69 Å².